The van der Waals surface area contributed by atoms with Gasteiger partial charge in [0.25, 0.3) is 11.7 Å². The Balaban J connectivity index is 2.02. The van der Waals surface area contributed by atoms with Gasteiger partial charge < -0.3 is 10.2 Å². The van der Waals surface area contributed by atoms with Crippen molar-refractivity contribution in [2.45, 2.75) is 32.7 Å². The van der Waals surface area contributed by atoms with Crippen molar-refractivity contribution in [3.8, 4) is 0 Å². The quantitative estimate of drug-likeness (QED) is 0.852. The number of hydrogen-bond donors (Lipinski definition) is 1. The van der Waals surface area contributed by atoms with Gasteiger partial charge in [0.2, 0.25) is 0 Å². The molecular weight excluding hydrogens is 276 g/mol. The molecule has 0 bridgehead atoms. The average molecular weight is 293 g/mol. The molecule has 2 aliphatic rings. The van der Waals surface area contributed by atoms with Crippen LogP contribution in [0.5, 0.6) is 0 Å². The van der Waals surface area contributed by atoms with Crippen LogP contribution < -0.4 is 10.2 Å². The van der Waals surface area contributed by atoms with Crippen LogP contribution in [0.4, 0.5) is 11.4 Å². The van der Waals surface area contributed by atoms with Gasteiger partial charge in [-0.2, -0.15) is 0 Å². The summed E-state index contributed by atoms with van der Waals surface area (Å²) < 4.78 is 0. The minimum Gasteiger partial charge on any atom is -0.367 e. The summed E-state index contributed by atoms with van der Waals surface area (Å²) in [5, 5.41) is 3.15. The summed E-state index contributed by atoms with van der Waals surface area (Å²) in [6, 6.07) is 3.90. The maximum absolute atomic E-state index is 11.7. The van der Waals surface area contributed by atoms with Gasteiger partial charge in [0, 0.05) is 12.6 Å². The molecule has 0 aliphatic carbocycles. The fourth-order valence-corrected chi connectivity index (χ4v) is 3.43. The van der Waals surface area contributed by atoms with Crippen LogP contribution in [0.2, 0.25) is 5.02 Å². The highest BCUT2D eigenvalue weighted by Crippen LogP contribution is 2.39. The predicted molar refractivity (Wildman–Crippen MR) is 79.6 cm³/mol. The first kappa shape index (κ1) is 13.4. The van der Waals surface area contributed by atoms with E-state index in [0.717, 1.165) is 25.1 Å². The molecule has 4 nitrogen and oxygen atoms in total. The summed E-state index contributed by atoms with van der Waals surface area (Å²) in [6.07, 6.45) is 2.29. The van der Waals surface area contributed by atoms with E-state index < -0.39 is 11.7 Å². The van der Waals surface area contributed by atoms with Crippen LogP contribution in [0.1, 0.15) is 37.0 Å². The van der Waals surface area contributed by atoms with Crippen LogP contribution in [0.15, 0.2) is 12.1 Å². The van der Waals surface area contributed by atoms with Crippen LogP contribution >= 0.6 is 11.6 Å². The molecule has 1 fully saturated rings. The summed E-state index contributed by atoms with van der Waals surface area (Å²) in [5.41, 5.74) is 1.87. The van der Waals surface area contributed by atoms with E-state index in [4.69, 9.17) is 11.6 Å². The number of fused-ring (bicyclic) bond motifs is 1. The molecule has 1 aromatic rings. The highest BCUT2D eigenvalue weighted by Gasteiger charge is 2.33. The number of hydrogen-bond acceptors (Lipinski definition) is 3. The number of carbonyl (C=O) groups excluding carboxylic acids is 2. The lowest BCUT2D eigenvalue weighted by Gasteiger charge is -2.30. The molecule has 1 N–H and O–H groups in total. The Labute approximate surface area is 123 Å². The van der Waals surface area contributed by atoms with Gasteiger partial charge in [0.1, 0.15) is 0 Å². The highest BCUT2D eigenvalue weighted by molar-refractivity contribution is 6.52. The zero-order chi connectivity index (χ0) is 14.4. The number of anilines is 2. The highest BCUT2D eigenvalue weighted by atomic mass is 35.5. The second-order valence-electron chi connectivity index (χ2n) is 5.78. The van der Waals surface area contributed by atoms with E-state index in [9.17, 15) is 9.59 Å². The van der Waals surface area contributed by atoms with Crippen LogP contribution in [0, 0.1) is 5.92 Å². The molecule has 1 aromatic carbocycles. The predicted octanol–water partition coefficient (Wildman–Crippen LogP) is 3.10. The molecule has 106 valence electrons. The minimum atomic E-state index is -0.574. The van der Waals surface area contributed by atoms with Gasteiger partial charge in [-0.05, 0) is 30.9 Å². The molecule has 1 atom stereocenters. The maximum Gasteiger partial charge on any atom is 0.296 e. The monoisotopic (exact) mass is 292 g/mol. The second kappa shape index (κ2) is 4.77. The lowest BCUT2D eigenvalue weighted by molar-refractivity contribution is -0.112. The van der Waals surface area contributed by atoms with Gasteiger partial charge in [-0.3, -0.25) is 9.59 Å². The van der Waals surface area contributed by atoms with Crippen molar-refractivity contribution in [1.29, 1.82) is 0 Å². The normalized spacial score (nSPS) is 21.6. The number of carbonyl (C=O) groups is 2. The minimum absolute atomic E-state index is 0.379. The molecule has 2 heterocycles. The Morgan fingerprint density at radius 3 is 2.80 bits per heavy atom. The smallest absolute Gasteiger partial charge is 0.296 e. The number of benzene rings is 1. The molecule has 2 aliphatic heterocycles. The molecule has 1 amide bonds. The first-order valence-electron chi connectivity index (χ1n) is 6.95. The van der Waals surface area contributed by atoms with Crippen molar-refractivity contribution in [1.82, 2.24) is 0 Å². The van der Waals surface area contributed by atoms with Gasteiger partial charge in [0.05, 0.1) is 22.0 Å². The third-order valence-corrected chi connectivity index (χ3v) is 4.47. The van der Waals surface area contributed by atoms with Crippen LogP contribution in [0.3, 0.4) is 0 Å². The van der Waals surface area contributed by atoms with Crippen molar-refractivity contribution in [3.63, 3.8) is 0 Å². The zero-order valence-electron chi connectivity index (χ0n) is 11.6. The lowest BCUT2D eigenvalue weighted by Crippen LogP contribution is -2.33. The van der Waals surface area contributed by atoms with Gasteiger partial charge in [-0.1, -0.05) is 25.4 Å². The average Bonchev–Trinajstić information content (AvgIpc) is 2.97. The van der Waals surface area contributed by atoms with Crippen LogP contribution in [-0.4, -0.2) is 24.3 Å². The van der Waals surface area contributed by atoms with E-state index in [2.05, 4.69) is 24.1 Å². The molecular formula is C15H17ClN2O2. The van der Waals surface area contributed by atoms with E-state index in [1.54, 1.807) is 6.07 Å². The van der Waals surface area contributed by atoms with Gasteiger partial charge in [-0.15, -0.1) is 0 Å². The zero-order valence-corrected chi connectivity index (χ0v) is 12.3. The Morgan fingerprint density at radius 1 is 1.35 bits per heavy atom. The van der Waals surface area contributed by atoms with Crippen molar-refractivity contribution in [2.75, 3.05) is 16.8 Å². The van der Waals surface area contributed by atoms with E-state index in [0.29, 0.717) is 28.2 Å². The SMILES string of the molecule is CC(C)C1CCCN1c1cc2c(cc1Cl)C(=O)C(=O)N2. The Bertz CT molecular complexity index is 598. The number of ketones is 1. The molecule has 0 saturated carbocycles. The Hall–Kier alpha value is -1.55. The maximum atomic E-state index is 11.7. The van der Waals surface area contributed by atoms with E-state index in [1.165, 1.54) is 0 Å². The van der Waals surface area contributed by atoms with E-state index in [-0.39, 0.29) is 0 Å². The van der Waals surface area contributed by atoms with Crippen molar-refractivity contribution in [2.24, 2.45) is 5.92 Å². The first-order chi connectivity index (χ1) is 9.49. The number of rotatable bonds is 2. The fourth-order valence-electron chi connectivity index (χ4n) is 3.16. The number of nitrogens with one attached hydrogen (secondary N) is 1. The number of amides is 1. The standard InChI is InChI=1S/C15H17ClN2O2/c1-8(2)12-4-3-5-18(12)13-7-11-9(6-10(13)16)14(19)15(20)17-11/h6-8,12H,3-5H2,1-2H3,(H,17,19,20). The third kappa shape index (κ3) is 1.99. The van der Waals surface area contributed by atoms with Crippen LogP contribution in [-0.2, 0) is 4.79 Å². The largest absolute Gasteiger partial charge is 0.367 e. The molecule has 5 heteroatoms. The summed E-state index contributed by atoms with van der Waals surface area (Å²) in [5.74, 6) is -0.539. The van der Waals surface area contributed by atoms with Gasteiger partial charge >= 0.3 is 0 Å². The van der Waals surface area contributed by atoms with Crippen molar-refractivity contribution in [3.05, 3.63) is 22.7 Å². The summed E-state index contributed by atoms with van der Waals surface area (Å²) >= 11 is 6.34. The van der Waals surface area contributed by atoms with Gasteiger partial charge in [0.15, 0.2) is 0 Å². The molecule has 1 unspecified atom stereocenters. The van der Waals surface area contributed by atoms with Crippen LogP contribution in [0.25, 0.3) is 0 Å². The third-order valence-electron chi connectivity index (χ3n) is 4.16. The summed E-state index contributed by atoms with van der Waals surface area (Å²) in [6.45, 7) is 5.37. The molecule has 3 rings (SSSR count). The Morgan fingerprint density at radius 2 is 2.10 bits per heavy atom. The molecule has 0 aromatic heterocycles. The number of nitrogens with zero attached hydrogens (tertiary/aromatic N) is 1. The molecule has 0 spiro atoms. The summed E-state index contributed by atoms with van der Waals surface area (Å²) in [7, 11) is 0. The number of halogens is 1. The van der Waals surface area contributed by atoms with Crippen molar-refractivity contribution < 1.29 is 9.59 Å². The summed E-state index contributed by atoms with van der Waals surface area (Å²) in [4.78, 5) is 25.4. The van der Waals surface area contributed by atoms with Gasteiger partial charge in [-0.25, -0.2) is 0 Å². The lowest BCUT2D eigenvalue weighted by atomic mass is 10.0. The Kier molecular flexibility index (Phi) is 3.21. The topological polar surface area (TPSA) is 49.4 Å². The van der Waals surface area contributed by atoms with Crippen molar-refractivity contribution >= 4 is 34.7 Å². The second-order valence-corrected chi connectivity index (χ2v) is 6.19. The first-order valence-corrected chi connectivity index (χ1v) is 7.32. The molecule has 1 saturated heterocycles. The number of Topliss-reactive ketones (excluding diaryl/α,β-unsaturated/α-hetero) is 1. The van der Waals surface area contributed by atoms with E-state index in [1.807, 2.05) is 6.07 Å². The molecule has 0 radical (unpaired) electrons. The van der Waals surface area contributed by atoms with E-state index >= 15 is 0 Å². The fraction of sp³-hybridized carbons (Fsp3) is 0.467. The molecule has 20 heavy (non-hydrogen) atoms.